The average molecular weight is 254 g/mol. The van der Waals surface area contributed by atoms with Crippen LogP contribution in [0.4, 0.5) is 0 Å². The van der Waals surface area contributed by atoms with Crippen molar-refractivity contribution in [2.24, 2.45) is 5.41 Å². The summed E-state index contributed by atoms with van der Waals surface area (Å²) in [6.45, 7) is 8.06. The van der Waals surface area contributed by atoms with Crippen molar-refractivity contribution in [1.82, 2.24) is 10.6 Å². The first-order valence-corrected chi connectivity index (χ1v) is 7.18. The van der Waals surface area contributed by atoms with E-state index in [1.807, 2.05) is 6.92 Å². The van der Waals surface area contributed by atoms with E-state index >= 15 is 0 Å². The lowest BCUT2D eigenvalue weighted by atomic mass is 9.64. The SMILES string of the molecule is CCOC1CC(NCCC(=O)NC2CC2)C1(C)C. The molecule has 0 bridgehead atoms. The summed E-state index contributed by atoms with van der Waals surface area (Å²) in [6.07, 6.45) is 4.32. The molecule has 0 aromatic heterocycles. The molecule has 2 saturated carbocycles. The van der Waals surface area contributed by atoms with Crippen molar-refractivity contribution in [2.45, 2.75) is 64.6 Å². The second-order valence-electron chi connectivity index (χ2n) is 6.10. The van der Waals surface area contributed by atoms with Gasteiger partial charge in [-0.05, 0) is 26.2 Å². The summed E-state index contributed by atoms with van der Waals surface area (Å²) < 4.78 is 5.69. The number of carbonyl (C=O) groups is 1. The monoisotopic (exact) mass is 254 g/mol. The highest BCUT2D eigenvalue weighted by atomic mass is 16.5. The van der Waals surface area contributed by atoms with Gasteiger partial charge in [-0.1, -0.05) is 13.8 Å². The van der Waals surface area contributed by atoms with Crippen LogP contribution in [0.5, 0.6) is 0 Å². The fourth-order valence-corrected chi connectivity index (χ4v) is 2.60. The average Bonchev–Trinajstić information content (AvgIpc) is 3.10. The first-order chi connectivity index (χ1) is 8.54. The number of nitrogens with one attached hydrogen (secondary N) is 2. The number of carbonyl (C=O) groups excluding carboxylic acids is 1. The first-order valence-electron chi connectivity index (χ1n) is 7.18. The van der Waals surface area contributed by atoms with Crippen molar-refractivity contribution in [3.63, 3.8) is 0 Å². The minimum atomic E-state index is 0.184. The molecule has 0 radical (unpaired) electrons. The van der Waals surface area contributed by atoms with Gasteiger partial charge in [-0.2, -0.15) is 0 Å². The smallest absolute Gasteiger partial charge is 0.221 e. The van der Waals surface area contributed by atoms with Crippen LogP contribution in [-0.4, -0.2) is 37.2 Å². The molecular formula is C14H26N2O2. The van der Waals surface area contributed by atoms with E-state index in [-0.39, 0.29) is 11.3 Å². The Bertz CT molecular complexity index is 300. The van der Waals surface area contributed by atoms with Crippen molar-refractivity contribution < 1.29 is 9.53 Å². The van der Waals surface area contributed by atoms with E-state index in [0.717, 1.165) is 32.4 Å². The van der Waals surface area contributed by atoms with Gasteiger partial charge < -0.3 is 15.4 Å². The van der Waals surface area contributed by atoms with Crippen LogP contribution in [0.1, 0.15) is 46.5 Å². The number of hydrogen-bond donors (Lipinski definition) is 2. The van der Waals surface area contributed by atoms with Crippen LogP contribution in [0, 0.1) is 5.41 Å². The van der Waals surface area contributed by atoms with Crippen LogP contribution in [-0.2, 0) is 9.53 Å². The predicted molar refractivity (Wildman–Crippen MR) is 71.4 cm³/mol. The molecule has 0 aromatic carbocycles. The molecule has 0 heterocycles. The molecule has 104 valence electrons. The van der Waals surface area contributed by atoms with Crippen molar-refractivity contribution in [3.05, 3.63) is 0 Å². The van der Waals surface area contributed by atoms with Gasteiger partial charge in [-0.25, -0.2) is 0 Å². The van der Waals surface area contributed by atoms with Gasteiger partial charge >= 0.3 is 0 Å². The third kappa shape index (κ3) is 3.23. The molecule has 1 amide bonds. The van der Waals surface area contributed by atoms with Crippen LogP contribution >= 0.6 is 0 Å². The molecule has 2 aliphatic rings. The van der Waals surface area contributed by atoms with Crippen LogP contribution < -0.4 is 10.6 Å². The molecule has 0 spiro atoms. The Morgan fingerprint density at radius 2 is 2.11 bits per heavy atom. The van der Waals surface area contributed by atoms with Gasteiger partial charge in [0, 0.05) is 37.1 Å². The maximum absolute atomic E-state index is 11.5. The lowest BCUT2D eigenvalue weighted by Crippen LogP contribution is -2.61. The van der Waals surface area contributed by atoms with Gasteiger partial charge in [-0.3, -0.25) is 4.79 Å². The highest BCUT2D eigenvalue weighted by Gasteiger charge is 2.48. The molecule has 2 unspecified atom stereocenters. The van der Waals surface area contributed by atoms with Crippen LogP contribution in [0.3, 0.4) is 0 Å². The van der Waals surface area contributed by atoms with E-state index in [1.165, 1.54) is 0 Å². The Morgan fingerprint density at radius 3 is 2.67 bits per heavy atom. The van der Waals surface area contributed by atoms with Gasteiger partial charge in [-0.15, -0.1) is 0 Å². The van der Waals surface area contributed by atoms with Crippen molar-refractivity contribution in [3.8, 4) is 0 Å². The zero-order chi connectivity index (χ0) is 13.2. The normalized spacial score (nSPS) is 29.7. The summed E-state index contributed by atoms with van der Waals surface area (Å²) in [7, 11) is 0. The Kier molecular flexibility index (Phi) is 4.28. The standard InChI is InChI=1S/C14H26N2O2/c1-4-18-12-9-11(14(12,2)3)15-8-7-13(17)16-10-5-6-10/h10-12,15H,4-9H2,1-3H3,(H,16,17). The highest BCUT2D eigenvalue weighted by molar-refractivity contribution is 5.76. The van der Waals surface area contributed by atoms with E-state index in [2.05, 4.69) is 24.5 Å². The molecule has 2 N–H and O–H groups in total. The van der Waals surface area contributed by atoms with E-state index in [0.29, 0.717) is 24.6 Å². The number of hydrogen-bond acceptors (Lipinski definition) is 3. The lowest BCUT2D eigenvalue weighted by Gasteiger charge is -2.52. The summed E-state index contributed by atoms with van der Waals surface area (Å²) in [5, 5.41) is 6.49. The zero-order valence-corrected chi connectivity index (χ0v) is 11.8. The topological polar surface area (TPSA) is 50.4 Å². The van der Waals surface area contributed by atoms with E-state index < -0.39 is 0 Å². The molecule has 0 saturated heterocycles. The van der Waals surface area contributed by atoms with Gasteiger partial charge in [0.15, 0.2) is 0 Å². The molecule has 0 aromatic rings. The van der Waals surface area contributed by atoms with E-state index in [4.69, 9.17) is 4.74 Å². The van der Waals surface area contributed by atoms with Gasteiger partial charge in [0.25, 0.3) is 0 Å². The fourth-order valence-electron chi connectivity index (χ4n) is 2.60. The predicted octanol–water partition coefficient (Wildman–Crippen LogP) is 1.45. The van der Waals surface area contributed by atoms with Gasteiger partial charge in [0.2, 0.25) is 5.91 Å². The molecule has 4 heteroatoms. The van der Waals surface area contributed by atoms with Crippen LogP contribution in [0.25, 0.3) is 0 Å². The first kappa shape index (κ1) is 13.8. The second kappa shape index (κ2) is 5.57. The van der Waals surface area contributed by atoms with Crippen molar-refractivity contribution >= 4 is 5.91 Å². The third-order valence-corrected chi connectivity index (χ3v) is 4.23. The summed E-state index contributed by atoms with van der Waals surface area (Å²) in [5.74, 6) is 0.184. The Labute approximate surface area is 110 Å². The molecule has 2 fully saturated rings. The third-order valence-electron chi connectivity index (χ3n) is 4.23. The van der Waals surface area contributed by atoms with Crippen LogP contribution in [0.15, 0.2) is 0 Å². The molecule has 0 aliphatic heterocycles. The molecular weight excluding hydrogens is 228 g/mol. The Balaban J connectivity index is 1.61. The summed E-state index contributed by atoms with van der Waals surface area (Å²) in [6, 6.07) is 0.947. The van der Waals surface area contributed by atoms with E-state index in [1.54, 1.807) is 0 Å². The maximum atomic E-state index is 11.5. The Hall–Kier alpha value is -0.610. The summed E-state index contributed by atoms with van der Waals surface area (Å²) in [5.41, 5.74) is 0.184. The highest BCUT2D eigenvalue weighted by Crippen LogP contribution is 2.42. The summed E-state index contributed by atoms with van der Waals surface area (Å²) in [4.78, 5) is 11.5. The maximum Gasteiger partial charge on any atom is 0.221 e. The lowest BCUT2D eigenvalue weighted by molar-refractivity contribution is -0.122. The minimum Gasteiger partial charge on any atom is -0.378 e. The molecule has 2 aliphatic carbocycles. The largest absolute Gasteiger partial charge is 0.378 e. The van der Waals surface area contributed by atoms with Crippen molar-refractivity contribution in [1.29, 1.82) is 0 Å². The van der Waals surface area contributed by atoms with Gasteiger partial charge in [0.05, 0.1) is 6.10 Å². The quantitative estimate of drug-likeness (QED) is 0.723. The fraction of sp³-hybridized carbons (Fsp3) is 0.929. The summed E-state index contributed by atoms with van der Waals surface area (Å²) >= 11 is 0. The van der Waals surface area contributed by atoms with Gasteiger partial charge in [0.1, 0.15) is 0 Å². The van der Waals surface area contributed by atoms with E-state index in [9.17, 15) is 4.79 Å². The minimum absolute atomic E-state index is 0.184. The zero-order valence-electron chi connectivity index (χ0n) is 11.8. The number of amides is 1. The van der Waals surface area contributed by atoms with Crippen LogP contribution in [0.2, 0.25) is 0 Å². The Morgan fingerprint density at radius 1 is 1.39 bits per heavy atom. The molecule has 2 atom stereocenters. The number of ether oxygens (including phenoxy) is 1. The molecule has 18 heavy (non-hydrogen) atoms. The number of rotatable bonds is 7. The van der Waals surface area contributed by atoms with Crippen molar-refractivity contribution in [2.75, 3.05) is 13.2 Å². The molecule has 4 nitrogen and oxygen atoms in total. The second-order valence-corrected chi connectivity index (χ2v) is 6.10. The molecule has 2 rings (SSSR count).